The van der Waals surface area contributed by atoms with E-state index in [0.717, 1.165) is 19.3 Å². The summed E-state index contributed by atoms with van der Waals surface area (Å²) in [5.41, 5.74) is -3.00. The van der Waals surface area contributed by atoms with Crippen molar-refractivity contribution >= 4 is 17.1 Å². The van der Waals surface area contributed by atoms with E-state index in [4.69, 9.17) is 5.11 Å². The number of nitrogens with zero attached hydrogens (tertiary/aromatic N) is 3. The van der Waals surface area contributed by atoms with Gasteiger partial charge in [0.2, 0.25) is 0 Å². The van der Waals surface area contributed by atoms with E-state index < -0.39 is 37.6 Å². The van der Waals surface area contributed by atoms with Gasteiger partial charge in [-0.05, 0) is 19.3 Å². The maximum absolute atomic E-state index is 10.4. The van der Waals surface area contributed by atoms with Crippen molar-refractivity contribution in [2.45, 2.75) is 31.3 Å². The van der Waals surface area contributed by atoms with Gasteiger partial charge in [-0.15, -0.1) is 13.2 Å². The molecule has 0 bridgehead atoms. The molecule has 2 rings (SSSR count). The van der Waals surface area contributed by atoms with Gasteiger partial charge in [-0.25, -0.2) is 0 Å². The minimum absolute atomic E-state index is 0.447. The lowest BCUT2D eigenvalue weighted by atomic mass is 10.0. The van der Waals surface area contributed by atoms with Crippen LogP contribution in [0, 0.1) is 30.3 Å². The van der Waals surface area contributed by atoms with Crippen LogP contribution in [0.15, 0.2) is 49.6 Å². The van der Waals surface area contributed by atoms with Crippen LogP contribution in [0.3, 0.4) is 0 Å². The Bertz CT molecular complexity index is 772. The summed E-state index contributed by atoms with van der Waals surface area (Å²) in [4.78, 5) is 27.8. The van der Waals surface area contributed by atoms with Gasteiger partial charge >= 0.3 is 11.4 Å². The molecule has 11 heteroatoms. The Balaban J connectivity index is 0.000000292. The quantitative estimate of drug-likeness (QED) is 0.404. The number of rotatable bonds is 7. The van der Waals surface area contributed by atoms with Crippen LogP contribution in [0.4, 0.5) is 17.1 Å². The third kappa shape index (κ3) is 6.29. The van der Waals surface area contributed by atoms with Crippen LogP contribution in [0.25, 0.3) is 0 Å². The van der Waals surface area contributed by atoms with Crippen LogP contribution in [0.2, 0.25) is 0 Å². The van der Waals surface area contributed by atoms with E-state index in [1.54, 1.807) is 0 Å². The predicted molar refractivity (Wildman–Crippen MR) is 102 cm³/mol. The molecule has 150 valence electrons. The van der Waals surface area contributed by atoms with E-state index in [1.165, 1.54) is 0 Å². The number of hydrogen-bond acceptors (Lipinski definition) is 8. The summed E-state index contributed by atoms with van der Waals surface area (Å²) in [6, 6.07) is 1.96. The molecule has 1 aliphatic heterocycles. The maximum Gasteiger partial charge on any atom is 0.324 e. The molecule has 0 aliphatic carbocycles. The first-order chi connectivity index (χ1) is 13.2. The van der Waals surface area contributed by atoms with Crippen LogP contribution >= 0.6 is 0 Å². The summed E-state index contributed by atoms with van der Waals surface area (Å²) in [6.45, 7) is 7.47. The maximum atomic E-state index is 10.4. The van der Waals surface area contributed by atoms with Crippen molar-refractivity contribution in [3.8, 4) is 5.75 Å². The molecule has 0 fully saturated rings. The van der Waals surface area contributed by atoms with Crippen molar-refractivity contribution in [1.82, 2.24) is 5.32 Å². The number of nitro groups is 3. The fourth-order valence-electron chi connectivity index (χ4n) is 2.50. The summed E-state index contributed by atoms with van der Waals surface area (Å²) in [5, 5.41) is 43.7. The Morgan fingerprint density at radius 2 is 1.57 bits per heavy atom. The molecule has 1 heterocycles. The molecule has 0 aromatic heterocycles. The first kappa shape index (κ1) is 22.4. The first-order valence-electron chi connectivity index (χ1n) is 8.15. The summed E-state index contributed by atoms with van der Waals surface area (Å²) >= 11 is 0. The van der Waals surface area contributed by atoms with Crippen LogP contribution in [0.5, 0.6) is 5.75 Å². The number of nitrogens with one attached hydrogen (secondary N) is 1. The van der Waals surface area contributed by atoms with Crippen molar-refractivity contribution < 1.29 is 19.9 Å². The third-order valence-corrected chi connectivity index (χ3v) is 3.77. The molecule has 0 saturated carbocycles. The topological polar surface area (TPSA) is 162 Å². The number of benzene rings is 1. The zero-order chi connectivity index (χ0) is 21.3. The highest BCUT2D eigenvalue weighted by Crippen LogP contribution is 2.38. The second-order valence-electron chi connectivity index (χ2n) is 5.79. The van der Waals surface area contributed by atoms with E-state index in [1.807, 2.05) is 12.2 Å². The Kier molecular flexibility index (Phi) is 8.44. The fraction of sp³-hybridized carbons (Fsp3) is 0.294. The molecule has 0 radical (unpaired) electrons. The van der Waals surface area contributed by atoms with Crippen LogP contribution < -0.4 is 5.32 Å². The summed E-state index contributed by atoms with van der Waals surface area (Å²) in [7, 11) is 0. The molecular formula is C17H20N4O7. The normalized spacial score (nSPS) is 17.7. The molecule has 28 heavy (non-hydrogen) atoms. The zero-order valence-electron chi connectivity index (χ0n) is 14.9. The second kappa shape index (κ2) is 10.5. The second-order valence-corrected chi connectivity index (χ2v) is 5.79. The van der Waals surface area contributed by atoms with E-state index in [-0.39, 0.29) is 0 Å². The SMILES string of the molecule is C=CC[C@@H]1CC=C[C@@H](CC=C)N1.O=[N+]([O-])c1cc([N+](=O)[O-])c(O)c([N+](=O)[O-])c1. The molecule has 1 aromatic carbocycles. The molecule has 0 spiro atoms. The Labute approximate surface area is 160 Å². The number of aromatic hydroxyl groups is 1. The van der Waals surface area contributed by atoms with Gasteiger partial charge in [-0.1, -0.05) is 24.3 Å². The van der Waals surface area contributed by atoms with Gasteiger partial charge in [0.1, 0.15) is 0 Å². The standard InChI is InChI=1S/C11H17N.C6H3N3O7/c1-3-6-10-8-5-9-11(12-10)7-4-2;10-6-4(8(13)14)1-3(7(11)12)2-5(6)9(15)16/h3-5,8,10-12H,1-2,6-7,9H2;1-2,10H/t10-,11-;/m1./s1. The van der Waals surface area contributed by atoms with E-state index in [2.05, 4.69) is 30.6 Å². The molecule has 11 nitrogen and oxygen atoms in total. The minimum Gasteiger partial charge on any atom is -0.497 e. The number of phenols is 1. The van der Waals surface area contributed by atoms with Gasteiger partial charge in [-0.2, -0.15) is 0 Å². The smallest absolute Gasteiger partial charge is 0.324 e. The number of nitro benzene ring substituents is 3. The Hall–Kier alpha value is -3.60. The van der Waals surface area contributed by atoms with E-state index >= 15 is 0 Å². The average molecular weight is 392 g/mol. The number of non-ortho nitro benzene ring substituents is 1. The molecule has 0 amide bonds. The predicted octanol–water partition coefficient (Wildman–Crippen LogP) is 3.54. The number of phenolic OH excluding ortho intramolecular Hbond substituents is 1. The van der Waals surface area contributed by atoms with Crippen LogP contribution in [-0.4, -0.2) is 32.0 Å². The van der Waals surface area contributed by atoms with Gasteiger partial charge in [0.05, 0.1) is 26.9 Å². The van der Waals surface area contributed by atoms with E-state index in [0.29, 0.717) is 24.2 Å². The molecule has 1 aromatic rings. The molecule has 2 N–H and O–H groups in total. The van der Waals surface area contributed by atoms with Gasteiger partial charge < -0.3 is 10.4 Å². The van der Waals surface area contributed by atoms with Gasteiger partial charge in [0, 0.05) is 12.1 Å². The van der Waals surface area contributed by atoms with Gasteiger partial charge in [0.15, 0.2) is 0 Å². The minimum atomic E-state index is -1.21. The zero-order valence-corrected chi connectivity index (χ0v) is 14.9. The molecule has 0 saturated heterocycles. The lowest BCUT2D eigenvalue weighted by Gasteiger charge is -2.25. The summed E-state index contributed by atoms with van der Waals surface area (Å²) < 4.78 is 0. The van der Waals surface area contributed by atoms with Gasteiger partial charge in [0.25, 0.3) is 11.4 Å². The monoisotopic (exact) mass is 392 g/mol. The third-order valence-electron chi connectivity index (χ3n) is 3.77. The number of hydrogen-bond donors (Lipinski definition) is 2. The van der Waals surface area contributed by atoms with Crippen LogP contribution in [-0.2, 0) is 0 Å². The van der Waals surface area contributed by atoms with Crippen LogP contribution in [0.1, 0.15) is 19.3 Å². The van der Waals surface area contributed by atoms with Crippen molar-refractivity contribution in [2.24, 2.45) is 0 Å². The van der Waals surface area contributed by atoms with Crippen molar-refractivity contribution in [2.75, 3.05) is 0 Å². The molecule has 2 atom stereocenters. The molecule has 1 aliphatic rings. The van der Waals surface area contributed by atoms with Crippen molar-refractivity contribution in [1.29, 1.82) is 0 Å². The largest absolute Gasteiger partial charge is 0.497 e. The summed E-state index contributed by atoms with van der Waals surface area (Å²) in [6.07, 6.45) is 11.6. The highest BCUT2D eigenvalue weighted by molar-refractivity contribution is 5.64. The lowest BCUT2D eigenvalue weighted by molar-refractivity contribution is -0.404. The molecular weight excluding hydrogens is 372 g/mol. The first-order valence-corrected chi connectivity index (χ1v) is 8.15. The highest BCUT2D eigenvalue weighted by Gasteiger charge is 2.30. The van der Waals surface area contributed by atoms with Crippen molar-refractivity contribution in [3.63, 3.8) is 0 Å². The van der Waals surface area contributed by atoms with Crippen molar-refractivity contribution in [3.05, 3.63) is 79.9 Å². The summed E-state index contributed by atoms with van der Waals surface area (Å²) in [5.74, 6) is -1.21. The fourth-order valence-corrected chi connectivity index (χ4v) is 2.50. The lowest BCUT2D eigenvalue weighted by Crippen LogP contribution is -2.38. The Morgan fingerprint density at radius 1 is 1.04 bits per heavy atom. The Morgan fingerprint density at radius 3 is 2.00 bits per heavy atom. The molecule has 0 unspecified atom stereocenters. The van der Waals surface area contributed by atoms with Gasteiger partial charge in [-0.3, -0.25) is 30.3 Å². The highest BCUT2D eigenvalue weighted by atomic mass is 16.6. The average Bonchev–Trinajstić information content (AvgIpc) is 2.62. The van der Waals surface area contributed by atoms with E-state index in [9.17, 15) is 30.3 Å².